The molecule has 0 bridgehead atoms. The summed E-state index contributed by atoms with van der Waals surface area (Å²) in [7, 11) is 0. The number of likely N-dealkylation sites (tertiary alicyclic amines) is 1. The molecule has 3 heterocycles. The molecule has 4 rings (SSSR count). The molecule has 206 valence electrons. The van der Waals surface area contributed by atoms with Crippen LogP contribution in [0.15, 0.2) is 29.3 Å². The lowest BCUT2D eigenvalue weighted by Crippen LogP contribution is -2.53. The Morgan fingerprint density at radius 3 is 2.62 bits per heavy atom. The van der Waals surface area contributed by atoms with Gasteiger partial charge >= 0.3 is 17.9 Å². The molecule has 2 aromatic rings. The maximum Gasteiger partial charge on any atom is 0.319 e. The van der Waals surface area contributed by atoms with E-state index in [1.165, 1.54) is 0 Å². The fourth-order valence-corrected chi connectivity index (χ4v) is 4.35. The number of nitrogens with zero attached hydrogens (tertiary/aromatic N) is 4. The van der Waals surface area contributed by atoms with Crippen LogP contribution in [-0.4, -0.2) is 81.5 Å². The zero-order valence-corrected chi connectivity index (χ0v) is 21.4. The van der Waals surface area contributed by atoms with Gasteiger partial charge in [0.15, 0.2) is 28.4 Å². The van der Waals surface area contributed by atoms with Crippen LogP contribution >= 0.6 is 11.6 Å². The van der Waals surface area contributed by atoms with Crippen molar-refractivity contribution in [3.8, 4) is 0 Å². The first-order chi connectivity index (χ1) is 18.5. The molecule has 0 aliphatic carbocycles. The predicted molar refractivity (Wildman–Crippen MR) is 142 cm³/mol. The van der Waals surface area contributed by atoms with E-state index in [0.717, 1.165) is 0 Å². The Labute approximate surface area is 227 Å². The summed E-state index contributed by atoms with van der Waals surface area (Å²) in [6.45, 7) is 1.39. The number of guanidine groups is 1. The van der Waals surface area contributed by atoms with Crippen molar-refractivity contribution in [1.82, 2.24) is 30.8 Å². The van der Waals surface area contributed by atoms with Crippen molar-refractivity contribution in [2.75, 3.05) is 43.0 Å². The SMILES string of the molecule is Nc1nc(N)c(C(=O)/N=C2\NCC3(CCN(C(=O)c4cccc(NC(=O)NCCC(=O)O)c4)CC3)N2)nc1Cl. The van der Waals surface area contributed by atoms with E-state index in [2.05, 4.69) is 36.2 Å². The summed E-state index contributed by atoms with van der Waals surface area (Å²) in [5.74, 6) is -1.94. The molecule has 39 heavy (non-hydrogen) atoms. The van der Waals surface area contributed by atoms with Crippen molar-refractivity contribution in [3.05, 3.63) is 40.7 Å². The van der Waals surface area contributed by atoms with Crippen molar-refractivity contribution in [1.29, 1.82) is 0 Å². The fourth-order valence-electron chi connectivity index (χ4n) is 4.22. The number of hydrogen-bond acceptors (Lipinski definition) is 8. The number of aromatic nitrogens is 2. The van der Waals surface area contributed by atoms with Crippen LogP contribution in [-0.2, 0) is 4.79 Å². The predicted octanol–water partition coefficient (Wildman–Crippen LogP) is 0.255. The molecule has 2 fully saturated rings. The van der Waals surface area contributed by atoms with Gasteiger partial charge in [-0.3, -0.25) is 14.4 Å². The Bertz CT molecular complexity index is 1340. The molecule has 15 nitrogen and oxygen atoms in total. The number of carboxylic acids is 1. The summed E-state index contributed by atoms with van der Waals surface area (Å²) < 4.78 is 0. The average molecular weight is 559 g/mol. The van der Waals surface area contributed by atoms with E-state index in [0.29, 0.717) is 43.7 Å². The number of carbonyl (C=O) groups excluding carboxylic acids is 3. The summed E-state index contributed by atoms with van der Waals surface area (Å²) in [4.78, 5) is 61.6. The van der Waals surface area contributed by atoms with E-state index < -0.39 is 23.4 Å². The minimum Gasteiger partial charge on any atom is -0.481 e. The lowest BCUT2D eigenvalue weighted by molar-refractivity contribution is -0.136. The van der Waals surface area contributed by atoms with E-state index in [1.54, 1.807) is 29.2 Å². The minimum absolute atomic E-state index is 0.0172. The topological polar surface area (TPSA) is 230 Å². The molecule has 1 aromatic carbocycles. The number of piperidine rings is 1. The van der Waals surface area contributed by atoms with Crippen molar-refractivity contribution in [2.45, 2.75) is 24.8 Å². The second-order valence-electron chi connectivity index (χ2n) is 9.06. The molecular formula is C23H27ClN10O5. The molecule has 1 aromatic heterocycles. The maximum atomic E-state index is 13.1. The largest absolute Gasteiger partial charge is 0.481 e. The Balaban J connectivity index is 1.32. The second-order valence-corrected chi connectivity index (χ2v) is 9.41. The number of nitrogens with one attached hydrogen (secondary N) is 4. The summed E-state index contributed by atoms with van der Waals surface area (Å²) in [5.41, 5.74) is 11.5. The zero-order valence-electron chi connectivity index (χ0n) is 20.7. The van der Waals surface area contributed by atoms with Gasteiger partial charge in [-0.05, 0) is 31.0 Å². The molecule has 2 aliphatic heterocycles. The highest BCUT2D eigenvalue weighted by molar-refractivity contribution is 6.31. The molecule has 0 unspecified atom stereocenters. The van der Waals surface area contributed by atoms with Gasteiger partial charge in [0.25, 0.3) is 5.91 Å². The van der Waals surface area contributed by atoms with Gasteiger partial charge in [0.05, 0.1) is 12.0 Å². The standard InChI is InChI=1S/C23H27ClN10O5/c24-16-18(26)31-17(25)15(30-16)19(37)32-21-28-11-23(33-21)5-8-34(9-6-23)20(38)12-2-1-3-13(10-12)29-22(39)27-7-4-14(35)36/h1-3,10H,4-9,11H2,(H,35,36)(H4,25,26,31)(H2,27,29,39)(H2,28,32,33,37). The highest BCUT2D eigenvalue weighted by Crippen LogP contribution is 2.26. The van der Waals surface area contributed by atoms with Crippen LogP contribution in [0.4, 0.5) is 22.1 Å². The molecule has 4 amide bonds. The number of hydrogen-bond donors (Lipinski definition) is 7. The lowest BCUT2D eigenvalue weighted by Gasteiger charge is -2.38. The van der Waals surface area contributed by atoms with Crippen LogP contribution in [0.3, 0.4) is 0 Å². The summed E-state index contributed by atoms with van der Waals surface area (Å²) in [5, 5.41) is 19.9. The first kappa shape index (κ1) is 27.4. The number of rotatable bonds is 6. The van der Waals surface area contributed by atoms with Crippen molar-refractivity contribution < 1.29 is 24.3 Å². The molecule has 0 radical (unpaired) electrons. The van der Waals surface area contributed by atoms with Crippen LogP contribution in [0.5, 0.6) is 0 Å². The lowest BCUT2D eigenvalue weighted by atomic mass is 9.88. The first-order valence-corrected chi connectivity index (χ1v) is 12.3. The highest BCUT2D eigenvalue weighted by Gasteiger charge is 2.41. The third-order valence-corrected chi connectivity index (χ3v) is 6.58. The number of halogens is 1. The molecule has 9 N–H and O–H groups in total. The van der Waals surface area contributed by atoms with Gasteiger partial charge in [0, 0.05) is 37.4 Å². The average Bonchev–Trinajstić information content (AvgIpc) is 3.27. The summed E-state index contributed by atoms with van der Waals surface area (Å²) >= 11 is 5.85. The van der Waals surface area contributed by atoms with Crippen LogP contribution in [0, 0.1) is 0 Å². The zero-order chi connectivity index (χ0) is 28.2. The van der Waals surface area contributed by atoms with Crippen LogP contribution in [0.25, 0.3) is 0 Å². The van der Waals surface area contributed by atoms with Gasteiger partial charge in [0.2, 0.25) is 0 Å². The van der Waals surface area contributed by atoms with Gasteiger partial charge < -0.3 is 42.7 Å². The Morgan fingerprint density at radius 2 is 1.90 bits per heavy atom. The number of aliphatic imine (C=N–C) groups is 1. The number of amides is 4. The molecule has 0 saturated carbocycles. The number of aliphatic carboxylic acids is 1. The number of urea groups is 1. The van der Waals surface area contributed by atoms with Gasteiger partial charge in [-0.1, -0.05) is 17.7 Å². The monoisotopic (exact) mass is 558 g/mol. The van der Waals surface area contributed by atoms with Crippen molar-refractivity contribution in [3.63, 3.8) is 0 Å². The number of carbonyl (C=O) groups is 4. The van der Waals surface area contributed by atoms with Gasteiger partial charge in [-0.15, -0.1) is 0 Å². The minimum atomic E-state index is -1.02. The van der Waals surface area contributed by atoms with E-state index in [1.807, 2.05) is 0 Å². The molecule has 0 atom stereocenters. The second kappa shape index (κ2) is 11.4. The Morgan fingerprint density at radius 1 is 1.15 bits per heavy atom. The molecular weight excluding hydrogens is 532 g/mol. The van der Waals surface area contributed by atoms with E-state index in [4.69, 9.17) is 28.2 Å². The molecule has 2 saturated heterocycles. The smallest absolute Gasteiger partial charge is 0.319 e. The summed E-state index contributed by atoms with van der Waals surface area (Å²) in [6, 6.07) is 5.94. The Hall–Kier alpha value is -4.66. The van der Waals surface area contributed by atoms with Crippen LogP contribution in [0.2, 0.25) is 5.15 Å². The van der Waals surface area contributed by atoms with Crippen LogP contribution in [0.1, 0.15) is 40.1 Å². The van der Waals surface area contributed by atoms with Crippen molar-refractivity contribution in [2.24, 2.45) is 4.99 Å². The molecule has 2 aliphatic rings. The Kier molecular flexibility index (Phi) is 7.99. The fraction of sp³-hybridized carbons (Fsp3) is 0.348. The number of nitrogens with two attached hydrogens (primary N) is 2. The quantitative estimate of drug-likeness (QED) is 0.254. The van der Waals surface area contributed by atoms with E-state index in [-0.39, 0.29) is 47.3 Å². The normalized spacial score (nSPS) is 16.8. The highest BCUT2D eigenvalue weighted by atomic mass is 35.5. The van der Waals surface area contributed by atoms with Gasteiger partial charge in [-0.25, -0.2) is 14.8 Å². The maximum absolute atomic E-state index is 13.1. The number of benzene rings is 1. The first-order valence-electron chi connectivity index (χ1n) is 11.9. The van der Waals surface area contributed by atoms with E-state index >= 15 is 0 Å². The number of anilines is 3. The van der Waals surface area contributed by atoms with Gasteiger partial charge in [0.1, 0.15) is 0 Å². The molecule has 16 heteroatoms. The third-order valence-electron chi connectivity index (χ3n) is 6.30. The number of carboxylic acid groups (broad SMARTS) is 1. The summed E-state index contributed by atoms with van der Waals surface area (Å²) in [6.07, 6.45) is 0.994. The van der Waals surface area contributed by atoms with E-state index in [9.17, 15) is 19.2 Å². The number of nitrogen functional groups attached to an aromatic ring is 2. The van der Waals surface area contributed by atoms with Crippen molar-refractivity contribution >= 4 is 58.7 Å². The molecule has 1 spiro atoms. The third kappa shape index (κ3) is 6.62. The van der Waals surface area contributed by atoms with Crippen LogP contribution < -0.4 is 32.7 Å². The van der Waals surface area contributed by atoms with Gasteiger partial charge in [-0.2, -0.15) is 4.99 Å².